The molecule has 0 aromatic rings. The summed E-state index contributed by atoms with van der Waals surface area (Å²) in [4.78, 5) is 26.1. The summed E-state index contributed by atoms with van der Waals surface area (Å²) in [5.74, 6) is -1.83. The monoisotopic (exact) mass is 562 g/mol. The maximum atomic E-state index is 14.2. The van der Waals surface area contributed by atoms with Crippen molar-refractivity contribution in [2.75, 3.05) is 13.7 Å². The number of methoxy groups -OCH3 is 1. The Morgan fingerprint density at radius 2 is 1.85 bits per heavy atom. The molecule has 4 saturated carbocycles. The molecule has 7 rings (SSSR count). The first-order valence-corrected chi connectivity index (χ1v) is 14.9. The second-order valence-corrected chi connectivity index (χ2v) is 13.9. The molecular formula is C30H42O10. The van der Waals surface area contributed by atoms with Crippen molar-refractivity contribution in [2.24, 2.45) is 34.5 Å². The fraction of sp³-hybridized carbons (Fsp3) is 0.867. The summed E-state index contributed by atoms with van der Waals surface area (Å²) in [5.41, 5.74) is -2.23. The van der Waals surface area contributed by atoms with Crippen molar-refractivity contribution in [1.29, 1.82) is 0 Å². The normalized spacial score (nSPS) is 56.9. The summed E-state index contributed by atoms with van der Waals surface area (Å²) in [5, 5.41) is 34.6. The zero-order chi connectivity index (χ0) is 28.4. The SMILES string of the molecule is COC1CC(OC2CCC3(C)C(C2)CC2OC4CC(C5=CC(=O)OC5)C5(C)C(O)C(=O)C3C2C45O)OC(C)C1O. The maximum absolute atomic E-state index is 14.2. The van der Waals surface area contributed by atoms with Gasteiger partial charge in [-0.15, -0.1) is 0 Å². The van der Waals surface area contributed by atoms with Gasteiger partial charge >= 0.3 is 5.97 Å². The minimum absolute atomic E-state index is 0.0753. The van der Waals surface area contributed by atoms with Crippen LogP contribution >= 0.6 is 0 Å². The Bertz CT molecular complexity index is 1120. The van der Waals surface area contributed by atoms with Gasteiger partial charge < -0.3 is 39.0 Å². The van der Waals surface area contributed by atoms with Crippen LogP contribution in [0.5, 0.6) is 0 Å². The number of carbonyl (C=O) groups is 2. The van der Waals surface area contributed by atoms with E-state index in [9.17, 15) is 24.9 Å². The summed E-state index contributed by atoms with van der Waals surface area (Å²) in [6, 6.07) is 0. The first-order valence-electron chi connectivity index (χ1n) is 14.9. The van der Waals surface area contributed by atoms with Crippen LogP contribution in [0.3, 0.4) is 0 Å². The number of ketones is 1. The van der Waals surface area contributed by atoms with Crippen LogP contribution in [0.1, 0.15) is 59.3 Å². The Morgan fingerprint density at radius 1 is 1.07 bits per heavy atom. The highest BCUT2D eigenvalue weighted by Crippen LogP contribution is 2.72. The van der Waals surface area contributed by atoms with Crippen LogP contribution in [0.15, 0.2) is 11.6 Å². The van der Waals surface area contributed by atoms with Gasteiger partial charge in [0.05, 0.1) is 30.5 Å². The molecule has 0 aromatic carbocycles. The van der Waals surface area contributed by atoms with Gasteiger partial charge in [0.2, 0.25) is 0 Å². The smallest absolute Gasteiger partial charge is 0.331 e. The molecule has 3 heterocycles. The standard InChI is InChI=1S/C30H42O10/c1-13-25(32)19(36-4)11-22(38-13)39-16-5-6-28(2)15(8-16)9-18-23-24(28)26(33)27(34)29(3)17(14-7-21(31)37-12-14)10-20(40-18)30(23,29)35/h7,13,15-20,22-25,27,32,34-35H,5-6,8-12H2,1-4H3. The highest BCUT2D eigenvalue weighted by atomic mass is 16.7. The molecule has 0 spiro atoms. The topological polar surface area (TPSA) is 141 Å². The number of cyclic esters (lactones) is 1. The van der Waals surface area contributed by atoms with Gasteiger partial charge in [-0.3, -0.25) is 4.79 Å². The van der Waals surface area contributed by atoms with Crippen molar-refractivity contribution in [3.8, 4) is 0 Å². The lowest BCUT2D eigenvalue weighted by Crippen LogP contribution is -2.72. The molecule has 7 aliphatic rings. The Labute approximate surface area is 234 Å². The van der Waals surface area contributed by atoms with Crippen molar-refractivity contribution in [3.05, 3.63) is 11.6 Å². The summed E-state index contributed by atoms with van der Waals surface area (Å²) in [6.45, 7) is 5.89. The third-order valence-electron chi connectivity index (χ3n) is 12.4. The molecule has 10 nitrogen and oxygen atoms in total. The predicted octanol–water partition coefficient (Wildman–Crippen LogP) is 1.28. The van der Waals surface area contributed by atoms with E-state index in [1.165, 1.54) is 6.08 Å². The summed E-state index contributed by atoms with van der Waals surface area (Å²) < 4.78 is 29.6. The maximum Gasteiger partial charge on any atom is 0.331 e. The van der Waals surface area contributed by atoms with Gasteiger partial charge in [0.1, 0.15) is 24.4 Å². The number of hydrogen-bond donors (Lipinski definition) is 3. The van der Waals surface area contributed by atoms with E-state index in [1.54, 1.807) is 14.0 Å². The largest absolute Gasteiger partial charge is 0.458 e. The van der Waals surface area contributed by atoms with E-state index in [1.807, 2.05) is 6.92 Å². The fourth-order valence-corrected chi connectivity index (χ4v) is 10.3. The molecule has 222 valence electrons. The highest BCUT2D eigenvalue weighted by Gasteiger charge is 2.81. The second kappa shape index (κ2) is 9.05. The van der Waals surface area contributed by atoms with Crippen molar-refractivity contribution in [1.82, 2.24) is 0 Å². The Kier molecular flexibility index (Phi) is 6.21. The fourth-order valence-electron chi connectivity index (χ4n) is 10.3. The molecule has 0 radical (unpaired) electrons. The van der Waals surface area contributed by atoms with Crippen LogP contribution in [0.2, 0.25) is 0 Å². The van der Waals surface area contributed by atoms with Gasteiger partial charge in [-0.1, -0.05) is 13.8 Å². The van der Waals surface area contributed by atoms with E-state index < -0.39 is 64.9 Å². The minimum atomic E-state index is -1.38. The summed E-state index contributed by atoms with van der Waals surface area (Å²) >= 11 is 0. The molecule has 4 aliphatic carbocycles. The van der Waals surface area contributed by atoms with E-state index in [-0.39, 0.29) is 42.5 Å². The number of esters is 1. The quantitative estimate of drug-likeness (QED) is 0.339. The minimum Gasteiger partial charge on any atom is -0.458 e. The summed E-state index contributed by atoms with van der Waals surface area (Å²) in [7, 11) is 1.58. The van der Waals surface area contributed by atoms with Crippen molar-refractivity contribution < 1.29 is 48.6 Å². The zero-order valence-electron chi connectivity index (χ0n) is 23.7. The average molecular weight is 563 g/mol. The summed E-state index contributed by atoms with van der Waals surface area (Å²) in [6.07, 6.45) is 1.05. The van der Waals surface area contributed by atoms with Crippen LogP contribution in [-0.4, -0.2) is 95.4 Å². The predicted molar refractivity (Wildman–Crippen MR) is 138 cm³/mol. The van der Waals surface area contributed by atoms with Gasteiger partial charge in [-0.25, -0.2) is 4.79 Å². The van der Waals surface area contributed by atoms with Crippen LogP contribution in [-0.2, 0) is 33.3 Å². The van der Waals surface area contributed by atoms with Gasteiger partial charge in [0.25, 0.3) is 0 Å². The molecule has 0 amide bonds. The van der Waals surface area contributed by atoms with E-state index in [4.69, 9.17) is 23.7 Å². The van der Waals surface area contributed by atoms with Gasteiger partial charge in [-0.05, 0) is 61.9 Å². The van der Waals surface area contributed by atoms with Crippen molar-refractivity contribution in [3.63, 3.8) is 0 Å². The van der Waals surface area contributed by atoms with Gasteiger partial charge in [0.15, 0.2) is 12.1 Å². The number of ether oxygens (including phenoxy) is 5. The molecule has 40 heavy (non-hydrogen) atoms. The third kappa shape index (κ3) is 3.41. The van der Waals surface area contributed by atoms with Crippen molar-refractivity contribution in [2.45, 2.75) is 114 Å². The van der Waals surface area contributed by atoms with Crippen LogP contribution in [0.25, 0.3) is 0 Å². The lowest BCUT2D eigenvalue weighted by molar-refractivity contribution is -0.273. The van der Waals surface area contributed by atoms with Crippen LogP contribution in [0.4, 0.5) is 0 Å². The molecule has 0 aromatic heterocycles. The lowest BCUT2D eigenvalue weighted by atomic mass is 9.42. The molecule has 0 bridgehead atoms. The number of Topliss-reactive ketones (excluding diaryl/α,β-unsaturated/α-hetero) is 1. The molecule has 15 unspecified atom stereocenters. The molecule has 15 atom stereocenters. The number of rotatable bonds is 4. The third-order valence-corrected chi connectivity index (χ3v) is 12.4. The first kappa shape index (κ1) is 27.4. The molecule has 3 aliphatic heterocycles. The number of fused-ring (bicyclic) bond motifs is 2. The molecule has 3 N–H and O–H groups in total. The first-order chi connectivity index (χ1) is 18.9. The van der Waals surface area contributed by atoms with Gasteiger partial charge in [-0.2, -0.15) is 0 Å². The van der Waals surface area contributed by atoms with E-state index in [0.717, 1.165) is 24.8 Å². The molecular weight excluding hydrogens is 520 g/mol. The van der Waals surface area contributed by atoms with Crippen LogP contribution < -0.4 is 0 Å². The average Bonchev–Trinajstić information content (AvgIpc) is 3.53. The van der Waals surface area contributed by atoms with Gasteiger partial charge in [0, 0.05) is 36.9 Å². The number of hydrogen-bond acceptors (Lipinski definition) is 10. The molecule has 6 fully saturated rings. The van der Waals surface area contributed by atoms with Crippen LogP contribution in [0, 0.1) is 34.5 Å². The van der Waals surface area contributed by atoms with E-state index >= 15 is 0 Å². The second-order valence-electron chi connectivity index (χ2n) is 13.9. The Morgan fingerprint density at radius 3 is 2.55 bits per heavy atom. The molecule has 10 heteroatoms. The number of carbonyl (C=O) groups excluding carboxylic acids is 2. The Hall–Kier alpha value is -1.40. The lowest BCUT2D eigenvalue weighted by Gasteiger charge is -2.63. The molecule has 2 saturated heterocycles. The number of aliphatic hydroxyl groups is 3. The van der Waals surface area contributed by atoms with Crippen molar-refractivity contribution >= 4 is 11.8 Å². The van der Waals surface area contributed by atoms with E-state index in [2.05, 4.69) is 6.92 Å². The number of aliphatic hydroxyl groups excluding tert-OH is 2. The van der Waals surface area contributed by atoms with E-state index in [0.29, 0.717) is 19.3 Å². The highest BCUT2D eigenvalue weighted by molar-refractivity contribution is 5.90. The zero-order valence-corrected chi connectivity index (χ0v) is 23.7. The Balaban J connectivity index is 1.15.